The summed E-state index contributed by atoms with van der Waals surface area (Å²) in [5.41, 5.74) is 16.6. The molecular weight excluding hydrogens is 531 g/mol. The van der Waals surface area contributed by atoms with Gasteiger partial charge in [0, 0.05) is 39.4 Å². The van der Waals surface area contributed by atoms with Gasteiger partial charge in [0.25, 0.3) is 6.71 Å². The van der Waals surface area contributed by atoms with Gasteiger partial charge in [-0.3, -0.25) is 0 Å². The van der Waals surface area contributed by atoms with Crippen molar-refractivity contribution in [3.63, 3.8) is 0 Å². The Bertz CT molecular complexity index is 1840. The number of hydrogen-bond acceptors (Lipinski definition) is 2. The molecule has 0 bridgehead atoms. The van der Waals surface area contributed by atoms with Crippen LogP contribution in [0.1, 0.15) is 103 Å². The molecule has 0 amide bonds. The van der Waals surface area contributed by atoms with Crippen molar-refractivity contribution < 1.29 is 0 Å². The van der Waals surface area contributed by atoms with Gasteiger partial charge in [0.2, 0.25) is 0 Å². The third-order valence-electron chi connectivity index (χ3n) is 11.8. The van der Waals surface area contributed by atoms with Crippen molar-refractivity contribution in [2.75, 3.05) is 9.80 Å². The molecule has 4 aliphatic rings. The number of fused-ring (bicyclic) bond motifs is 7. The van der Waals surface area contributed by atoms with Crippen molar-refractivity contribution in [1.82, 2.24) is 0 Å². The number of rotatable bonds is 1. The summed E-state index contributed by atoms with van der Waals surface area (Å²) in [6, 6.07) is 31.1. The van der Waals surface area contributed by atoms with Gasteiger partial charge < -0.3 is 9.80 Å². The highest BCUT2D eigenvalue weighted by Crippen LogP contribution is 2.61. The van der Waals surface area contributed by atoms with E-state index in [0.29, 0.717) is 0 Å². The Balaban J connectivity index is 1.46. The zero-order chi connectivity index (χ0) is 31.0. The van der Waals surface area contributed by atoms with Crippen LogP contribution < -0.4 is 26.2 Å². The van der Waals surface area contributed by atoms with Crippen LogP contribution in [0.25, 0.3) is 0 Å². The molecule has 3 aliphatic heterocycles. The van der Waals surface area contributed by atoms with Crippen LogP contribution in [0.3, 0.4) is 0 Å². The summed E-state index contributed by atoms with van der Waals surface area (Å²) in [6.45, 7) is 21.4. The quantitative estimate of drug-likeness (QED) is 0.185. The summed E-state index contributed by atoms with van der Waals surface area (Å²) in [4.78, 5) is 5.34. The van der Waals surface area contributed by atoms with Crippen molar-refractivity contribution in [3.05, 3.63) is 95.1 Å². The second-order valence-corrected chi connectivity index (χ2v) is 16.5. The van der Waals surface area contributed by atoms with Crippen LogP contribution in [0.15, 0.2) is 60.7 Å². The van der Waals surface area contributed by atoms with Crippen LogP contribution in [-0.2, 0) is 16.2 Å². The predicted octanol–water partition coefficient (Wildman–Crippen LogP) is 8.55. The van der Waals surface area contributed by atoms with Crippen molar-refractivity contribution in [1.29, 1.82) is 0 Å². The predicted molar refractivity (Wildman–Crippen MR) is 188 cm³/mol. The molecule has 4 aromatic carbocycles. The highest BCUT2D eigenvalue weighted by Gasteiger charge is 2.61. The van der Waals surface area contributed by atoms with Crippen molar-refractivity contribution >= 4 is 51.5 Å². The lowest BCUT2D eigenvalue weighted by molar-refractivity contribution is 0.195. The maximum Gasteiger partial charge on any atom is 0.252 e. The van der Waals surface area contributed by atoms with Crippen LogP contribution >= 0.6 is 0 Å². The summed E-state index contributed by atoms with van der Waals surface area (Å²) in [5, 5.41) is 0. The van der Waals surface area contributed by atoms with E-state index in [2.05, 4.69) is 145 Å². The molecule has 4 aromatic rings. The van der Waals surface area contributed by atoms with Crippen LogP contribution in [0.4, 0.5) is 28.4 Å². The summed E-state index contributed by atoms with van der Waals surface area (Å²) >= 11 is 0. The minimum Gasteiger partial charge on any atom is -0.335 e. The van der Waals surface area contributed by atoms with E-state index < -0.39 is 0 Å². The summed E-state index contributed by atoms with van der Waals surface area (Å²) in [7, 11) is 0. The molecule has 0 aromatic heterocycles. The fraction of sp³-hybridized carbons (Fsp3) is 0.415. The minimum atomic E-state index is 0.00722. The average Bonchev–Trinajstić information content (AvgIpc) is 3.18. The fourth-order valence-corrected chi connectivity index (χ4v) is 9.08. The first-order valence-corrected chi connectivity index (χ1v) is 16.7. The van der Waals surface area contributed by atoms with E-state index in [1.807, 2.05) is 0 Å². The Morgan fingerprint density at radius 2 is 1.41 bits per heavy atom. The first-order chi connectivity index (χ1) is 20.7. The molecule has 222 valence electrons. The molecule has 44 heavy (non-hydrogen) atoms. The minimum absolute atomic E-state index is 0.00722. The molecule has 3 heterocycles. The Morgan fingerprint density at radius 3 is 2.11 bits per heavy atom. The Kier molecular flexibility index (Phi) is 5.55. The van der Waals surface area contributed by atoms with Gasteiger partial charge in [-0.05, 0) is 107 Å². The lowest BCUT2D eigenvalue weighted by atomic mass is 9.33. The number of hydrogen-bond donors (Lipinski definition) is 0. The normalized spacial score (nSPS) is 23.1. The molecule has 1 fully saturated rings. The van der Waals surface area contributed by atoms with Crippen LogP contribution in [0.5, 0.6) is 0 Å². The molecule has 0 spiro atoms. The Hall–Kier alpha value is -3.64. The number of anilines is 5. The van der Waals surface area contributed by atoms with E-state index in [1.54, 1.807) is 0 Å². The molecular formula is C41H45BN2. The number of benzene rings is 3. The first kappa shape index (κ1) is 27.9. The maximum absolute atomic E-state index is 3.71. The van der Waals surface area contributed by atoms with Gasteiger partial charge in [-0.2, -0.15) is 0 Å². The van der Waals surface area contributed by atoms with E-state index in [1.165, 1.54) is 92.8 Å². The van der Waals surface area contributed by atoms with Gasteiger partial charge in [0.05, 0.1) is 5.54 Å². The smallest absolute Gasteiger partial charge is 0.252 e. The Morgan fingerprint density at radius 1 is 0.750 bits per heavy atom. The Labute approximate surface area is 265 Å². The van der Waals surface area contributed by atoms with E-state index in [-0.39, 0.29) is 28.5 Å². The molecule has 2 unspecified atom stereocenters. The van der Waals surface area contributed by atoms with Crippen molar-refractivity contribution in [2.45, 2.75) is 110 Å². The lowest BCUT2D eigenvalue weighted by Crippen LogP contribution is -2.64. The topological polar surface area (TPSA) is 6.48 Å². The zero-order valence-electron chi connectivity index (χ0n) is 28.1. The molecule has 0 saturated heterocycles. The van der Waals surface area contributed by atoms with Gasteiger partial charge in [0.1, 0.15) is 0 Å². The van der Waals surface area contributed by atoms with Crippen LogP contribution in [0, 0.1) is 19.1 Å². The average molecular weight is 577 g/mol. The highest BCUT2D eigenvalue weighted by atomic mass is 15.3. The second kappa shape index (κ2) is 8.75. The van der Waals surface area contributed by atoms with Crippen LogP contribution in [-0.4, -0.2) is 12.3 Å². The third kappa shape index (κ3) is 3.52. The summed E-state index contributed by atoms with van der Waals surface area (Å²) < 4.78 is 0. The first-order valence-electron chi connectivity index (χ1n) is 16.7. The second-order valence-electron chi connectivity index (χ2n) is 16.5. The van der Waals surface area contributed by atoms with Gasteiger partial charge in [0.15, 0.2) is 0 Å². The van der Waals surface area contributed by atoms with E-state index in [4.69, 9.17) is 0 Å². The molecule has 0 N–H and O–H groups in total. The molecule has 3 heteroatoms. The number of aryl methyl sites for hydroxylation is 1. The molecule has 0 radical (unpaired) electrons. The third-order valence-corrected chi connectivity index (χ3v) is 11.8. The van der Waals surface area contributed by atoms with Gasteiger partial charge in [-0.15, -0.1) is 0 Å². The van der Waals surface area contributed by atoms with E-state index in [9.17, 15) is 0 Å². The van der Waals surface area contributed by atoms with E-state index in [0.717, 1.165) is 0 Å². The summed E-state index contributed by atoms with van der Waals surface area (Å²) in [6.07, 6.45) is 4.96. The van der Waals surface area contributed by atoms with Gasteiger partial charge in [-0.1, -0.05) is 97.7 Å². The largest absolute Gasteiger partial charge is 0.335 e. The van der Waals surface area contributed by atoms with E-state index >= 15 is 0 Å². The SMILES string of the molecule is Cc1cc2c3c(c1)N1c4c(c#ccc4B3c3cc(C(C)(C)C)ccc3N2c2ccc(C(C)(C)C)cc2)C2(C)CCCCC12C. The molecule has 1 saturated carbocycles. The summed E-state index contributed by atoms with van der Waals surface area (Å²) in [5.74, 6) is 0. The fourth-order valence-electron chi connectivity index (χ4n) is 9.08. The molecule has 1 aliphatic carbocycles. The van der Waals surface area contributed by atoms with Crippen molar-refractivity contribution in [3.8, 4) is 0 Å². The van der Waals surface area contributed by atoms with Gasteiger partial charge in [-0.25, -0.2) is 0 Å². The van der Waals surface area contributed by atoms with Gasteiger partial charge >= 0.3 is 0 Å². The zero-order valence-corrected chi connectivity index (χ0v) is 28.1. The van der Waals surface area contributed by atoms with Crippen LogP contribution in [0.2, 0.25) is 0 Å². The molecule has 2 nitrogen and oxygen atoms in total. The van der Waals surface area contributed by atoms with Crippen molar-refractivity contribution in [2.24, 2.45) is 0 Å². The maximum atomic E-state index is 3.71. The molecule has 2 atom stereocenters. The number of nitrogens with zero attached hydrogens (tertiary/aromatic N) is 2. The lowest BCUT2D eigenvalue weighted by Gasteiger charge is -2.52. The molecule has 8 rings (SSSR count). The standard InChI is InChI=1S/C41H45BN2/c1-26-23-34-36-35(24-26)44-37-30(40(8)21-10-11-22-41(40,44)9)13-12-14-31(37)42(36)32-25-28(39(5,6)7)17-20-33(32)43(34)29-18-15-27(16-19-29)38(2,3)4/h14-20,23-25H,10-11,21-22H2,1-9H3. The highest BCUT2D eigenvalue weighted by molar-refractivity contribution is 7.00. The monoisotopic (exact) mass is 576 g/mol.